The standard InChI is InChI=1S/C49H82O10/c1-3-5-7-9-11-13-15-17-19-20-21-22-24-26-28-30-32-34-36-38-45(52)58-42(41-57-49-48(55)47(54)46(53)43(39-50)59-49)40-56-44(51)37-35-33-31-29-27-25-23-18-16-14-12-10-8-6-4-2/h11,13,17-19,21-23,26-29,42-43,46-50,53-55H,3-10,12,14-16,20,24-25,30-41H2,1-2H3/b13-11+,19-17+,22-21+,23-18+,28-26+,29-27+/t42-,43-,46+,47?,48?,49-/m1/s1. The molecule has 2 unspecified atom stereocenters. The molecule has 0 amide bonds. The summed E-state index contributed by atoms with van der Waals surface area (Å²) in [5.74, 6) is -0.887. The normalized spacial score (nSPS) is 20.7. The van der Waals surface area contributed by atoms with E-state index in [9.17, 15) is 30.0 Å². The maximum Gasteiger partial charge on any atom is 0.306 e. The number of carbonyl (C=O) groups excluding carboxylic acids is 2. The van der Waals surface area contributed by atoms with Gasteiger partial charge in [0.15, 0.2) is 12.4 Å². The van der Waals surface area contributed by atoms with Crippen LogP contribution in [0.4, 0.5) is 0 Å². The van der Waals surface area contributed by atoms with Crippen LogP contribution in [-0.2, 0) is 28.5 Å². The van der Waals surface area contributed by atoms with Gasteiger partial charge < -0.3 is 39.4 Å². The zero-order valence-corrected chi connectivity index (χ0v) is 36.7. The summed E-state index contributed by atoms with van der Waals surface area (Å²) in [6.45, 7) is 3.31. The second kappa shape index (κ2) is 39.3. The van der Waals surface area contributed by atoms with Gasteiger partial charge in [0.2, 0.25) is 0 Å². The van der Waals surface area contributed by atoms with Gasteiger partial charge in [-0.25, -0.2) is 0 Å². The van der Waals surface area contributed by atoms with E-state index in [0.717, 1.165) is 64.2 Å². The van der Waals surface area contributed by atoms with Crippen LogP contribution in [0.5, 0.6) is 0 Å². The Morgan fingerprint density at radius 3 is 1.49 bits per heavy atom. The highest BCUT2D eigenvalue weighted by Crippen LogP contribution is 2.22. The lowest BCUT2D eigenvalue weighted by atomic mass is 9.99. The summed E-state index contributed by atoms with van der Waals surface area (Å²) < 4.78 is 22.1. The van der Waals surface area contributed by atoms with Crippen molar-refractivity contribution >= 4 is 11.9 Å². The molecule has 1 aliphatic rings. The largest absolute Gasteiger partial charge is 0.462 e. The minimum Gasteiger partial charge on any atom is -0.462 e. The number of unbranched alkanes of at least 4 members (excludes halogenated alkanes) is 14. The third-order valence-corrected chi connectivity index (χ3v) is 10.1. The molecular formula is C49H82O10. The topological polar surface area (TPSA) is 152 Å². The van der Waals surface area contributed by atoms with Crippen molar-refractivity contribution in [3.63, 3.8) is 0 Å². The predicted molar refractivity (Wildman–Crippen MR) is 238 cm³/mol. The summed E-state index contributed by atoms with van der Waals surface area (Å²) in [5, 5.41) is 40.1. The smallest absolute Gasteiger partial charge is 0.306 e. The van der Waals surface area contributed by atoms with Crippen LogP contribution in [0, 0.1) is 0 Å². The van der Waals surface area contributed by atoms with Gasteiger partial charge in [-0.2, -0.15) is 0 Å². The highest BCUT2D eigenvalue weighted by Gasteiger charge is 2.44. The third-order valence-electron chi connectivity index (χ3n) is 10.1. The van der Waals surface area contributed by atoms with Crippen LogP contribution >= 0.6 is 0 Å². The van der Waals surface area contributed by atoms with E-state index in [1.807, 2.05) is 0 Å². The molecule has 1 heterocycles. The van der Waals surface area contributed by atoms with Crippen LogP contribution in [0.3, 0.4) is 0 Å². The quantitative estimate of drug-likeness (QED) is 0.0271. The Morgan fingerprint density at radius 1 is 0.525 bits per heavy atom. The van der Waals surface area contributed by atoms with E-state index in [2.05, 4.69) is 86.8 Å². The van der Waals surface area contributed by atoms with Gasteiger partial charge in [-0.1, -0.05) is 138 Å². The van der Waals surface area contributed by atoms with Crippen molar-refractivity contribution in [2.24, 2.45) is 0 Å². The fraction of sp³-hybridized carbons (Fsp3) is 0.714. The van der Waals surface area contributed by atoms with Gasteiger partial charge >= 0.3 is 11.9 Å². The molecule has 0 saturated carbocycles. The fourth-order valence-electron chi connectivity index (χ4n) is 6.38. The average molecular weight is 831 g/mol. The monoisotopic (exact) mass is 831 g/mol. The maximum absolute atomic E-state index is 12.8. The highest BCUT2D eigenvalue weighted by molar-refractivity contribution is 5.70. The minimum atomic E-state index is -1.61. The van der Waals surface area contributed by atoms with E-state index >= 15 is 0 Å². The summed E-state index contributed by atoms with van der Waals surface area (Å²) in [6, 6.07) is 0. The first kappa shape index (κ1) is 54.2. The first-order valence-corrected chi connectivity index (χ1v) is 23.0. The second-order valence-electron chi connectivity index (χ2n) is 15.5. The number of aliphatic hydroxyl groups excluding tert-OH is 4. The SMILES string of the molecule is CCCCC/C=C/C/C=C/C/C=C/C/C=C/CCCCCC(=O)O[C@H](COC(=O)CCCC/C=C/C/C=C/CCCCCCCC)CO[C@@H]1O[C@H](CO)[C@H](O)C(O)C1O. The Morgan fingerprint density at radius 2 is 0.949 bits per heavy atom. The lowest BCUT2D eigenvalue weighted by Gasteiger charge is -2.39. The van der Waals surface area contributed by atoms with Gasteiger partial charge in [-0.15, -0.1) is 0 Å². The molecule has 1 aliphatic heterocycles. The molecule has 59 heavy (non-hydrogen) atoms. The molecule has 10 heteroatoms. The number of carbonyl (C=O) groups is 2. The van der Waals surface area contributed by atoms with E-state index in [-0.39, 0.29) is 26.1 Å². The molecular weight excluding hydrogens is 749 g/mol. The summed E-state index contributed by atoms with van der Waals surface area (Å²) in [7, 11) is 0. The fourth-order valence-corrected chi connectivity index (χ4v) is 6.38. The predicted octanol–water partition coefficient (Wildman–Crippen LogP) is 10.00. The van der Waals surface area contributed by atoms with Gasteiger partial charge in [-0.05, 0) is 89.9 Å². The number of rotatable bonds is 37. The molecule has 4 N–H and O–H groups in total. The van der Waals surface area contributed by atoms with Gasteiger partial charge in [0.1, 0.15) is 31.0 Å². The van der Waals surface area contributed by atoms with Crippen LogP contribution in [0.1, 0.15) is 168 Å². The van der Waals surface area contributed by atoms with E-state index in [4.69, 9.17) is 18.9 Å². The summed E-state index contributed by atoms with van der Waals surface area (Å²) in [5.41, 5.74) is 0. The molecule has 0 aromatic heterocycles. The highest BCUT2D eigenvalue weighted by atomic mass is 16.7. The van der Waals surface area contributed by atoms with Crippen molar-refractivity contribution < 1.29 is 49.0 Å². The van der Waals surface area contributed by atoms with Crippen molar-refractivity contribution in [3.8, 4) is 0 Å². The maximum atomic E-state index is 12.8. The molecule has 1 fully saturated rings. The lowest BCUT2D eigenvalue weighted by molar-refractivity contribution is -0.305. The molecule has 0 aromatic carbocycles. The zero-order chi connectivity index (χ0) is 43.0. The van der Waals surface area contributed by atoms with E-state index in [1.54, 1.807) is 0 Å². The first-order valence-electron chi connectivity index (χ1n) is 23.0. The molecule has 0 radical (unpaired) electrons. The third kappa shape index (κ3) is 30.8. The number of hydrogen-bond donors (Lipinski definition) is 4. The van der Waals surface area contributed by atoms with Gasteiger partial charge in [0, 0.05) is 12.8 Å². The van der Waals surface area contributed by atoms with Crippen molar-refractivity contribution in [1.29, 1.82) is 0 Å². The molecule has 0 aromatic rings. The Labute approximate surface area is 357 Å². The van der Waals surface area contributed by atoms with Crippen molar-refractivity contribution in [1.82, 2.24) is 0 Å². The average Bonchev–Trinajstić information content (AvgIpc) is 3.23. The zero-order valence-electron chi connectivity index (χ0n) is 36.7. The molecule has 0 aliphatic carbocycles. The molecule has 1 saturated heterocycles. The summed E-state index contributed by atoms with van der Waals surface area (Å²) >= 11 is 0. The molecule has 6 atom stereocenters. The minimum absolute atomic E-state index is 0.182. The Bertz CT molecular complexity index is 1190. The Balaban J connectivity index is 2.39. The van der Waals surface area contributed by atoms with E-state index < -0.39 is 55.4 Å². The van der Waals surface area contributed by atoms with E-state index in [0.29, 0.717) is 12.8 Å². The van der Waals surface area contributed by atoms with Crippen molar-refractivity contribution in [2.45, 2.75) is 205 Å². The van der Waals surface area contributed by atoms with Crippen LogP contribution in [-0.4, -0.2) is 89.0 Å². The van der Waals surface area contributed by atoms with Crippen molar-refractivity contribution in [3.05, 3.63) is 72.9 Å². The van der Waals surface area contributed by atoms with Crippen LogP contribution in [0.2, 0.25) is 0 Å². The molecule has 338 valence electrons. The molecule has 0 spiro atoms. The second-order valence-corrected chi connectivity index (χ2v) is 15.5. The molecule has 1 rings (SSSR count). The Hall–Kier alpha value is -2.86. The van der Waals surface area contributed by atoms with Crippen LogP contribution < -0.4 is 0 Å². The van der Waals surface area contributed by atoms with Gasteiger partial charge in [0.25, 0.3) is 0 Å². The number of esters is 2. The van der Waals surface area contributed by atoms with Crippen LogP contribution in [0.25, 0.3) is 0 Å². The number of allylic oxidation sites excluding steroid dienone is 12. The first-order chi connectivity index (χ1) is 28.8. The van der Waals surface area contributed by atoms with Crippen LogP contribution in [0.15, 0.2) is 72.9 Å². The molecule has 10 nitrogen and oxygen atoms in total. The Kier molecular flexibility index (Phi) is 36.1. The van der Waals surface area contributed by atoms with Crippen molar-refractivity contribution in [2.75, 3.05) is 19.8 Å². The number of hydrogen-bond acceptors (Lipinski definition) is 10. The molecule has 0 bridgehead atoms. The van der Waals surface area contributed by atoms with E-state index in [1.165, 1.54) is 64.2 Å². The summed E-state index contributed by atoms with van der Waals surface area (Å²) in [4.78, 5) is 25.3. The lowest BCUT2D eigenvalue weighted by Crippen LogP contribution is -2.59. The number of ether oxygens (including phenoxy) is 4. The van der Waals surface area contributed by atoms with Gasteiger partial charge in [0.05, 0.1) is 13.2 Å². The number of aliphatic hydroxyl groups is 4. The van der Waals surface area contributed by atoms with Gasteiger partial charge in [-0.3, -0.25) is 9.59 Å². The summed E-state index contributed by atoms with van der Waals surface area (Å²) in [6.07, 6.45) is 41.9.